The average Bonchev–Trinajstić information content (AvgIpc) is 3.52. The predicted octanol–water partition coefficient (Wildman–Crippen LogP) is 9.57. The van der Waals surface area contributed by atoms with Gasteiger partial charge in [0.2, 0.25) is 0 Å². The van der Waals surface area contributed by atoms with Gasteiger partial charge in [-0.1, -0.05) is 61.3 Å². The van der Waals surface area contributed by atoms with Gasteiger partial charge in [0.15, 0.2) is 0 Å². The fourth-order valence-electron chi connectivity index (χ4n) is 16.7. The first-order valence-electron chi connectivity index (χ1n) is 22.6. The van der Waals surface area contributed by atoms with Gasteiger partial charge in [0.1, 0.15) is 20.8 Å². The Bertz CT molecular complexity index is 2020. The molecule has 6 aliphatic carbocycles. The molecule has 7 aliphatic rings. The summed E-state index contributed by atoms with van der Waals surface area (Å²) in [5.41, 5.74) is -1.38. The number of rotatable bonds is 8. The van der Waals surface area contributed by atoms with Crippen LogP contribution in [-0.4, -0.2) is 84.2 Å². The predicted molar refractivity (Wildman–Crippen MR) is 235 cm³/mol. The summed E-state index contributed by atoms with van der Waals surface area (Å²) in [7, 11) is -3.02. The molecule has 0 radical (unpaired) electrons. The van der Waals surface area contributed by atoms with Gasteiger partial charge in [-0.2, -0.15) is 0 Å². The molecular weight excluding hydrogens is 743 g/mol. The molecule has 5 fully saturated rings. The van der Waals surface area contributed by atoms with Crippen molar-refractivity contribution < 1.29 is 18.3 Å². The Morgan fingerprint density at radius 1 is 0.828 bits per heavy atom. The summed E-state index contributed by atoms with van der Waals surface area (Å²) in [5.74, 6) is -0.368. The highest BCUT2D eigenvalue weighted by atomic mass is 32.2. The molecule has 10 atom stereocenters. The molecule has 10 heteroatoms. The Balaban J connectivity index is 1.27. The maximum atomic E-state index is 12.3. The second kappa shape index (κ2) is 13.9. The van der Waals surface area contributed by atoms with E-state index in [-0.39, 0.29) is 33.0 Å². The number of fused-ring (bicyclic) bond motifs is 7. The largest absolute Gasteiger partial charge is 0.481 e. The number of sulfone groups is 1. The van der Waals surface area contributed by atoms with Crippen molar-refractivity contribution in [3.63, 3.8) is 0 Å². The molecule has 1 aliphatic heterocycles. The number of carbonyl (C=O) groups is 1. The SMILES string of the molecule is C#[N+][C@]12CC[C@@]3(C)[C@@](C)(CC[C@@]4(NCCN5CCC(S(C)(=O)=O)CC5)CC[C@@H](C(C)C)[C@@]43[N+]#C)[C@]1(C)CC[C@@]1([N+]#C)C(C)(C)C(C3=CC[C@H](C(=O)O)CC3)=CC[C@]21C. The quantitative estimate of drug-likeness (QED) is 0.253. The summed E-state index contributed by atoms with van der Waals surface area (Å²) in [6.07, 6.45) is 17.4. The zero-order valence-corrected chi connectivity index (χ0v) is 38.1. The van der Waals surface area contributed by atoms with Crippen LogP contribution < -0.4 is 5.32 Å². The van der Waals surface area contributed by atoms with Crippen molar-refractivity contribution >= 4 is 15.8 Å². The minimum absolute atomic E-state index is 0.233. The standard InChI is InChI=1S/C48H73N5O4S/c1-33(2)37-18-22-45(52-29-32-53-30-19-36(20-31-53)58(12,56)57)26-23-41(5)42(6)24-27-46(49-9)40(3,4)38(34-13-15-35(16-14-34)39(54)55)17-21-44(46,8)47(42,50-10)28-25-43(41,7)48(37,45)51-11/h9-11,13,17,33,35-37,52H,14-16,18-32H2,1-8,12H3/q+2/p+1/t35-,37-,41-,42-,43-,44-,45-,46+,47+,48-/m0/s1. The molecule has 0 spiro atoms. The summed E-state index contributed by atoms with van der Waals surface area (Å²) in [6.45, 7) is 43.3. The molecule has 2 N–H and O–H groups in total. The van der Waals surface area contributed by atoms with E-state index in [4.69, 9.17) is 34.3 Å². The van der Waals surface area contributed by atoms with Gasteiger partial charge in [0.25, 0.3) is 25.3 Å². The monoisotopic (exact) mass is 817 g/mol. The number of carboxylic acids is 1. The van der Waals surface area contributed by atoms with Crippen molar-refractivity contribution in [1.29, 1.82) is 0 Å². The molecule has 9 nitrogen and oxygen atoms in total. The summed E-state index contributed by atoms with van der Waals surface area (Å²) in [5, 5.41) is 13.7. The number of carboxylic acid groups (broad SMARTS) is 1. The van der Waals surface area contributed by atoms with Gasteiger partial charge in [-0.05, 0) is 133 Å². The van der Waals surface area contributed by atoms with Crippen LogP contribution in [0, 0.1) is 64.5 Å². The van der Waals surface area contributed by atoms with Crippen LogP contribution in [0.2, 0.25) is 0 Å². The molecule has 0 bridgehead atoms. The van der Waals surface area contributed by atoms with E-state index in [1.165, 1.54) is 17.4 Å². The number of nitrogens with one attached hydrogen (secondary N) is 1. The van der Waals surface area contributed by atoms with E-state index in [9.17, 15) is 18.3 Å². The number of aliphatic carboxylic acids is 1. The van der Waals surface area contributed by atoms with Gasteiger partial charge < -0.3 is 15.3 Å². The van der Waals surface area contributed by atoms with Crippen molar-refractivity contribution in [2.24, 2.45) is 44.8 Å². The van der Waals surface area contributed by atoms with Crippen LogP contribution in [0.3, 0.4) is 0 Å². The van der Waals surface area contributed by atoms with E-state index in [1.54, 1.807) is 0 Å². The maximum Gasteiger partial charge on any atom is 0.307 e. The zero-order chi connectivity index (χ0) is 42.6. The molecule has 7 rings (SSSR count). The average molecular weight is 817 g/mol. The van der Waals surface area contributed by atoms with Crippen molar-refractivity contribution in [2.45, 2.75) is 173 Å². The Hall–Kier alpha value is -2.71. The van der Waals surface area contributed by atoms with Crippen molar-refractivity contribution in [1.82, 2.24) is 10.2 Å². The number of allylic oxidation sites excluding steroid dienone is 3. The number of likely N-dealkylation sites (tertiary alicyclic amines) is 1. The molecular formula is C48H74N5O4S+3. The Morgan fingerprint density at radius 2 is 1.45 bits per heavy atom. The Morgan fingerprint density at radius 3 is 2.00 bits per heavy atom. The third kappa shape index (κ3) is 5.14. The van der Waals surface area contributed by atoms with Crippen LogP contribution >= 0.6 is 0 Å². The van der Waals surface area contributed by atoms with Crippen LogP contribution in [0.1, 0.15) is 145 Å². The van der Waals surface area contributed by atoms with Crippen molar-refractivity contribution in [3.05, 3.63) is 37.8 Å². The lowest BCUT2D eigenvalue weighted by molar-refractivity contribution is -0.257. The third-order valence-electron chi connectivity index (χ3n) is 20.2. The fraction of sp³-hybridized carbons (Fsp3) is 0.833. The molecule has 0 aromatic heterocycles. The third-order valence-corrected chi connectivity index (χ3v) is 21.9. The van der Waals surface area contributed by atoms with Crippen molar-refractivity contribution in [2.75, 3.05) is 32.4 Å². The highest BCUT2D eigenvalue weighted by Gasteiger charge is 2.94. The summed E-state index contributed by atoms with van der Waals surface area (Å²) in [6, 6.07) is 0. The van der Waals surface area contributed by atoms with Gasteiger partial charge in [0, 0.05) is 38.1 Å². The molecule has 1 heterocycles. The topological polar surface area (TPSA) is 99.8 Å². The van der Waals surface area contributed by atoms with Gasteiger partial charge in [-0.25, -0.2) is 8.42 Å². The molecule has 0 aromatic carbocycles. The summed E-state index contributed by atoms with van der Waals surface area (Å²) in [4.78, 5) is 29.8. The van der Waals surface area contributed by atoms with Crippen LogP contribution in [-0.2, 0) is 14.6 Å². The lowest BCUT2D eigenvalue weighted by atomic mass is 9.25. The van der Waals surface area contributed by atoms with E-state index >= 15 is 0 Å². The summed E-state index contributed by atoms with van der Waals surface area (Å²) < 4.78 is 24.5. The van der Waals surface area contributed by atoms with Crippen LogP contribution in [0.25, 0.3) is 14.5 Å². The van der Waals surface area contributed by atoms with E-state index in [2.05, 4.69) is 77.8 Å². The lowest BCUT2D eigenvalue weighted by Crippen LogP contribution is -2.83. The molecule has 0 unspecified atom stereocenters. The highest BCUT2D eigenvalue weighted by Crippen LogP contribution is 2.84. The first-order chi connectivity index (χ1) is 27.0. The zero-order valence-electron chi connectivity index (χ0n) is 37.3. The minimum atomic E-state index is -3.02. The first kappa shape index (κ1) is 43.4. The van der Waals surface area contributed by atoms with E-state index in [0.29, 0.717) is 37.5 Å². The first-order valence-corrected chi connectivity index (χ1v) is 24.5. The van der Waals surface area contributed by atoms with Gasteiger partial charge in [-0.15, -0.1) is 0 Å². The molecule has 58 heavy (non-hydrogen) atoms. The number of hydrogen-bond donors (Lipinski definition) is 2. The number of nitrogens with zero attached hydrogens (tertiary/aromatic N) is 4. The molecule has 318 valence electrons. The minimum Gasteiger partial charge on any atom is -0.481 e. The number of piperidine rings is 1. The van der Waals surface area contributed by atoms with E-state index < -0.39 is 43.3 Å². The van der Waals surface area contributed by atoms with Gasteiger partial charge >= 0.3 is 17.0 Å². The fourth-order valence-corrected chi connectivity index (χ4v) is 17.7. The maximum absolute atomic E-state index is 12.3. The molecule has 4 saturated carbocycles. The van der Waals surface area contributed by atoms with Crippen LogP contribution in [0.5, 0.6) is 0 Å². The Kier molecular flexibility index (Phi) is 10.4. The summed E-state index contributed by atoms with van der Waals surface area (Å²) >= 11 is 0. The van der Waals surface area contributed by atoms with E-state index in [1.807, 2.05) is 0 Å². The second-order valence-electron chi connectivity index (χ2n) is 22.0. The highest BCUT2D eigenvalue weighted by molar-refractivity contribution is 7.91. The number of hydrogen-bond acceptors (Lipinski definition) is 5. The van der Waals surface area contributed by atoms with Gasteiger partial charge in [-0.3, -0.25) is 4.79 Å². The second-order valence-corrected chi connectivity index (χ2v) is 24.3. The molecule has 1 saturated heterocycles. The van der Waals surface area contributed by atoms with E-state index in [0.717, 1.165) is 90.4 Å². The van der Waals surface area contributed by atoms with Crippen LogP contribution in [0.4, 0.5) is 0 Å². The normalized spacial score (nSPS) is 45.2. The molecule has 0 aromatic rings. The lowest BCUT2D eigenvalue weighted by Gasteiger charge is -2.72. The molecule has 0 amide bonds. The smallest absolute Gasteiger partial charge is 0.307 e. The van der Waals surface area contributed by atoms with Crippen LogP contribution in [0.15, 0.2) is 23.3 Å². The Labute approximate surface area is 350 Å². The van der Waals surface area contributed by atoms with Gasteiger partial charge in [0.05, 0.1) is 27.4 Å². The van der Waals surface area contributed by atoms with Crippen molar-refractivity contribution in [3.8, 4) is 19.7 Å².